The Morgan fingerprint density at radius 3 is 2.83 bits per heavy atom. The van der Waals surface area contributed by atoms with Gasteiger partial charge in [-0.25, -0.2) is 0 Å². The molecule has 120 valence electrons. The summed E-state index contributed by atoms with van der Waals surface area (Å²) < 4.78 is 5.27. The van der Waals surface area contributed by atoms with Crippen LogP contribution in [0.2, 0.25) is 5.02 Å². The Morgan fingerprint density at radius 1 is 1.30 bits per heavy atom. The molecule has 0 spiro atoms. The molecule has 3 rings (SSSR count). The lowest BCUT2D eigenvalue weighted by Gasteiger charge is -2.34. The standard InChI is InChI=1S/C18H18ClNO3/c1-23-16-6-5-13-9-17(18(21)22)20(11-14(13)8-16)10-12-3-2-4-15(19)7-12/h2-8,17H,9-11H2,1H3,(H,21,22)/t17-/m0/s1. The number of halogens is 1. The van der Waals surface area contributed by atoms with E-state index in [0.29, 0.717) is 24.5 Å². The molecule has 0 fully saturated rings. The Labute approximate surface area is 140 Å². The van der Waals surface area contributed by atoms with Crippen LogP contribution < -0.4 is 4.74 Å². The molecule has 1 heterocycles. The van der Waals surface area contributed by atoms with E-state index in [1.54, 1.807) is 7.11 Å². The van der Waals surface area contributed by atoms with E-state index in [1.807, 2.05) is 47.4 Å². The predicted octanol–water partition coefficient (Wildman–Crippen LogP) is 3.36. The Kier molecular flexibility index (Phi) is 4.55. The summed E-state index contributed by atoms with van der Waals surface area (Å²) in [5.41, 5.74) is 3.19. The first-order valence-electron chi connectivity index (χ1n) is 7.44. The van der Waals surface area contributed by atoms with E-state index in [9.17, 15) is 9.90 Å². The van der Waals surface area contributed by atoms with E-state index in [2.05, 4.69) is 0 Å². The lowest BCUT2D eigenvalue weighted by molar-refractivity contribution is -0.144. The topological polar surface area (TPSA) is 49.8 Å². The molecule has 0 bridgehead atoms. The van der Waals surface area contributed by atoms with Crippen molar-refractivity contribution in [3.8, 4) is 5.75 Å². The van der Waals surface area contributed by atoms with Gasteiger partial charge in [-0.15, -0.1) is 0 Å². The second-order valence-electron chi connectivity index (χ2n) is 5.73. The van der Waals surface area contributed by atoms with Gasteiger partial charge in [0.1, 0.15) is 11.8 Å². The van der Waals surface area contributed by atoms with Gasteiger partial charge in [0.15, 0.2) is 0 Å². The summed E-state index contributed by atoms with van der Waals surface area (Å²) >= 11 is 6.03. The molecule has 1 atom stereocenters. The third-order valence-corrected chi connectivity index (χ3v) is 4.44. The summed E-state index contributed by atoms with van der Waals surface area (Å²) in [4.78, 5) is 13.6. The van der Waals surface area contributed by atoms with Crippen LogP contribution in [0.5, 0.6) is 5.75 Å². The zero-order chi connectivity index (χ0) is 16.4. The summed E-state index contributed by atoms with van der Waals surface area (Å²) in [7, 11) is 1.63. The third-order valence-electron chi connectivity index (χ3n) is 4.20. The molecule has 0 amide bonds. The van der Waals surface area contributed by atoms with Crippen LogP contribution in [0.3, 0.4) is 0 Å². The largest absolute Gasteiger partial charge is 0.497 e. The van der Waals surface area contributed by atoms with Gasteiger partial charge in [0.05, 0.1) is 7.11 Å². The van der Waals surface area contributed by atoms with Crippen LogP contribution in [0.4, 0.5) is 0 Å². The molecule has 1 N–H and O–H groups in total. The Morgan fingerprint density at radius 2 is 2.13 bits per heavy atom. The van der Waals surface area contributed by atoms with Crippen molar-refractivity contribution in [3.05, 3.63) is 64.2 Å². The number of hydrogen-bond acceptors (Lipinski definition) is 3. The number of benzene rings is 2. The van der Waals surface area contributed by atoms with E-state index in [-0.39, 0.29) is 0 Å². The molecular formula is C18H18ClNO3. The summed E-state index contributed by atoms with van der Waals surface area (Å²) in [6.45, 7) is 1.13. The monoisotopic (exact) mass is 331 g/mol. The maximum atomic E-state index is 11.7. The Balaban J connectivity index is 1.89. The number of hydrogen-bond donors (Lipinski definition) is 1. The quantitative estimate of drug-likeness (QED) is 0.933. The lowest BCUT2D eigenvalue weighted by atomic mass is 9.93. The average Bonchev–Trinajstić information content (AvgIpc) is 2.53. The van der Waals surface area contributed by atoms with Crippen molar-refractivity contribution in [1.82, 2.24) is 4.90 Å². The highest BCUT2D eigenvalue weighted by atomic mass is 35.5. The molecular weight excluding hydrogens is 314 g/mol. The molecule has 2 aromatic carbocycles. The van der Waals surface area contributed by atoms with Gasteiger partial charge in [-0.1, -0.05) is 29.8 Å². The first-order valence-corrected chi connectivity index (χ1v) is 7.81. The van der Waals surface area contributed by atoms with Crippen LogP contribution in [0, 0.1) is 0 Å². The number of rotatable bonds is 4. The van der Waals surface area contributed by atoms with Crippen LogP contribution in [0.1, 0.15) is 16.7 Å². The van der Waals surface area contributed by atoms with Crippen molar-refractivity contribution in [2.45, 2.75) is 25.6 Å². The van der Waals surface area contributed by atoms with E-state index < -0.39 is 12.0 Å². The minimum atomic E-state index is -0.798. The molecule has 0 aromatic heterocycles. The molecule has 0 aliphatic carbocycles. The molecule has 0 saturated carbocycles. The highest BCUT2D eigenvalue weighted by Gasteiger charge is 2.31. The Hall–Kier alpha value is -2.04. The third kappa shape index (κ3) is 3.49. The van der Waals surface area contributed by atoms with Crippen molar-refractivity contribution >= 4 is 17.6 Å². The fourth-order valence-corrected chi connectivity index (χ4v) is 3.23. The SMILES string of the molecule is COc1ccc2c(c1)CN(Cc1cccc(Cl)c1)[C@H](C(=O)O)C2. The minimum absolute atomic E-state index is 0.495. The maximum Gasteiger partial charge on any atom is 0.321 e. The number of nitrogens with zero attached hydrogens (tertiary/aromatic N) is 1. The van der Waals surface area contributed by atoms with Gasteiger partial charge >= 0.3 is 5.97 Å². The number of aliphatic carboxylic acids is 1. The maximum absolute atomic E-state index is 11.7. The zero-order valence-electron chi connectivity index (χ0n) is 12.8. The van der Waals surface area contributed by atoms with Gasteiger partial charge in [0.25, 0.3) is 0 Å². The number of methoxy groups -OCH3 is 1. The van der Waals surface area contributed by atoms with E-state index in [4.69, 9.17) is 16.3 Å². The van der Waals surface area contributed by atoms with Crippen molar-refractivity contribution in [3.63, 3.8) is 0 Å². The van der Waals surface area contributed by atoms with Gasteiger partial charge in [-0.3, -0.25) is 9.69 Å². The van der Waals surface area contributed by atoms with Gasteiger partial charge in [-0.05, 0) is 47.4 Å². The fourth-order valence-electron chi connectivity index (χ4n) is 3.02. The normalized spacial score (nSPS) is 17.6. The molecule has 4 nitrogen and oxygen atoms in total. The Bertz CT molecular complexity index is 732. The summed E-state index contributed by atoms with van der Waals surface area (Å²) in [5.74, 6) is -0.00581. The molecule has 23 heavy (non-hydrogen) atoms. The van der Waals surface area contributed by atoms with Gasteiger partial charge in [-0.2, -0.15) is 0 Å². The molecule has 5 heteroatoms. The first kappa shape index (κ1) is 15.8. The highest BCUT2D eigenvalue weighted by molar-refractivity contribution is 6.30. The van der Waals surface area contributed by atoms with Crippen molar-refractivity contribution < 1.29 is 14.6 Å². The zero-order valence-corrected chi connectivity index (χ0v) is 13.6. The fraction of sp³-hybridized carbons (Fsp3) is 0.278. The van der Waals surface area contributed by atoms with Crippen LogP contribution in [-0.2, 0) is 24.3 Å². The van der Waals surface area contributed by atoms with Crippen LogP contribution in [0.15, 0.2) is 42.5 Å². The molecule has 1 aliphatic rings. The summed E-state index contributed by atoms with van der Waals surface area (Å²) in [6.07, 6.45) is 0.495. The number of fused-ring (bicyclic) bond motifs is 1. The number of ether oxygens (including phenoxy) is 1. The second-order valence-corrected chi connectivity index (χ2v) is 6.16. The minimum Gasteiger partial charge on any atom is -0.497 e. The number of carboxylic acids is 1. The predicted molar refractivity (Wildman–Crippen MR) is 88.8 cm³/mol. The lowest BCUT2D eigenvalue weighted by Crippen LogP contribution is -2.45. The molecule has 2 aromatic rings. The van der Waals surface area contributed by atoms with Crippen molar-refractivity contribution in [1.29, 1.82) is 0 Å². The first-order chi connectivity index (χ1) is 11.1. The van der Waals surface area contributed by atoms with Gasteiger partial charge in [0, 0.05) is 18.1 Å². The molecule has 0 radical (unpaired) electrons. The highest BCUT2D eigenvalue weighted by Crippen LogP contribution is 2.28. The van der Waals surface area contributed by atoms with Crippen LogP contribution in [0.25, 0.3) is 0 Å². The van der Waals surface area contributed by atoms with E-state index >= 15 is 0 Å². The van der Waals surface area contributed by atoms with Crippen molar-refractivity contribution in [2.24, 2.45) is 0 Å². The van der Waals surface area contributed by atoms with Crippen LogP contribution >= 0.6 is 11.6 Å². The summed E-state index contributed by atoms with van der Waals surface area (Å²) in [6, 6.07) is 12.8. The summed E-state index contributed by atoms with van der Waals surface area (Å²) in [5, 5.41) is 10.2. The van der Waals surface area contributed by atoms with Crippen LogP contribution in [-0.4, -0.2) is 29.1 Å². The van der Waals surface area contributed by atoms with Crippen molar-refractivity contribution in [2.75, 3.05) is 7.11 Å². The van der Waals surface area contributed by atoms with Gasteiger partial charge < -0.3 is 9.84 Å². The van der Waals surface area contributed by atoms with E-state index in [1.165, 1.54) is 0 Å². The molecule has 0 saturated heterocycles. The average molecular weight is 332 g/mol. The number of carbonyl (C=O) groups is 1. The smallest absolute Gasteiger partial charge is 0.321 e. The van der Waals surface area contributed by atoms with Gasteiger partial charge in [0.2, 0.25) is 0 Å². The molecule has 0 unspecified atom stereocenters. The number of carboxylic acid groups (broad SMARTS) is 1. The van der Waals surface area contributed by atoms with E-state index in [0.717, 1.165) is 22.4 Å². The second kappa shape index (κ2) is 6.60. The molecule has 1 aliphatic heterocycles.